The summed E-state index contributed by atoms with van der Waals surface area (Å²) in [5, 5.41) is 3.15. The zero-order valence-electron chi connectivity index (χ0n) is 15.2. The van der Waals surface area contributed by atoms with Gasteiger partial charge in [-0.1, -0.05) is 6.07 Å². The molecule has 0 saturated carbocycles. The maximum atomic E-state index is 5.88. The Morgan fingerprint density at radius 2 is 1.96 bits per heavy atom. The van der Waals surface area contributed by atoms with Crippen molar-refractivity contribution in [3.8, 4) is 0 Å². The van der Waals surface area contributed by atoms with Crippen LogP contribution < -0.4 is 16.0 Å². The van der Waals surface area contributed by atoms with Crippen LogP contribution in [-0.2, 0) is 11.3 Å². The molecule has 2 rings (SSSR count). The van der Waals surface area contributed by atoms with Crippen LogP contribution in [0.2, 0.25) is 0 Å². The molecule has 0 bridgehead atoms. The number of hydrogen-bond acceptors (Lipinski definition) is 4. The monoisotopic (exact) mass is 447 g/mol. The first kappa shape index (κ1) is 21.0. The highest BCUT2D eigenvalue weighted by atomic mass is 127. The van der Waals surface area contributed by atoms with Crippen LogP contribution in [0, 0.1) is 0 Å². The average Bonchev–Trinajstić information content (AvgIpc) is 2.43. The number of hydrogen-bond donors (Lipinski definition) is 2. The lowest BCUT2D eigenvalue weighted by atomic mass is 10.1. The second-order valence-electron chi connectivity index (χ2n) is 7.26. The number of halogens is 1. The first-order valence-electron chi connectivity index (χ1n) is 8.16. The zero-order valence-corrected chi connectivity index (χ0v) is 17.6. The molecule has 1 aliphatic rings. The number of anilines is 1. The van der Waals surface area contributed by atoms with Gasteiger partial charge in [-0.05, 0) is 46.2 Å². The van der Waals surface area contributed by atoms with Gasteiger partial charge in [-0.25, -0.2) is 9.98 Å². The number of aromatic nitrogens is 1. The maximum Gasteiger partial charge on any atom is 0.189 e. The SMILES string of the molecule is CC1CN(c2ccc(CN=C(N)NC(C)(C)C)cn2)CC(C)O1.I. The van der Waals surface area contributed by atoms with Gasteiger partial charge in [0.15, 0.2) is 5.96 Å². The maximum absolute atomic E-state index is 5.88. The zero-order chi connectivity index (χ0) is 17.0. The third kappa shape index (κ3) is 6.80. The second-order valence-corrected chi connectivity index (χ2v) is 7.26. The lowest BCUT2D eigenvalue weighted by Crippen LogP contribution is -2.45. The Bertz CT molecular complexity index is 531. The molecule has 1 saturated heterocycles. The lowest BCUT2D eigenvalue weighted by molar-refractivity contribution is -0.00545. The molecule has 6 nitrogen and oxygen atoms in total. The third-order valence-corrected chi connectivity index (χ3v) is 3.49. The minimum absolute atomic E-state index is 0. The topological polar surface area (TPSA) is 75.8 Å². The molecular formula is C17H30IN5O. The summed E-state index contributed by atoms with van der Waals surface area (Å²) in [6.07, 6.45) is 2.33. The Kier molecular flexibility index (Phi) is 7.72. The number of aliphatic imine (C=N–C) groups is 1. The largest absolute Gasteiger partial charge is 0.372 e. The minimum Gasteiger partial charge on any atom is -0.372 e. The number of nitrogens with zero attached hydrogens (tertiary/aromatic N) is 3. The van der Waals surface area contributed by atoms with Crippen molar-refractivity contribution in [3.05, 3.63) is 23.9 Å². The van der Waals surface area contributed by atoms with Crippen molar-refractivity contribution in [3.63, 3.8) is 0 Å². The number of morpholine rings is 1. The molecule has 1 aromatic rings. The quantitative estimate of drug-likeness (QED) is 0.423. The normalized spacial score (nSPS) is 22.0. The van der Waals surface area contributed by atoms with E-state index in [2.05, 4.69) is 60.9 Å². The Morgan fingerprint density at radius 1 is 1.33 bits per heavy atom. The molecule has 0 radical (unpaired) electrons. The number of nitrogens with one attached hydrogen (secondary N) is 1. The number of rotatable bonds is 3. The molecule has 136 valence electrons. The van der Waals surface area contributed by atoms with Gasteiger partial charge in [0.2, 0.25) is 0 Å². The van der Waals surface area contributed by atoms with Gasteiger partial charge in [0.05, 0.1) is 18.8 Å². The fourth-order valence-corrected chi connectivity index (χ4v) is 2.66. The van der Waals surface area contributed by atoms with Crippen molar-refractivity contribution >= 4 is 35.8 Å². The molecule has 3 N–H and O–H groups in total. The lowest BCUT2D eigenvalue weighted by Gasteiger charge is -2.36. The predicted octanol–water partition coefficient (Wildman–Crippen LogP) is 2.52. The van der Waals surface area contributed by atoms with Gasteiger partial charge in [0.1, 0.15) is 5.82 Å². The van der Waals surface area contributed by atoms with Crippen LogP contribution in [0.5, 0.6) is 0 Å². The molecule has 7 heteroatoms. The molecule has 0 aliphatic carbocycles. The Hall–Kier alpha value is -1.09. The van der Waals surface area contributed by atoms with Crippen LogP contribution in [0.25, 0.3) is 0 Å². The van der Waals surface area contributed by atoms with Crippen LogP contribution in [0.1, 0.15) is 40.2 Å². The number of ether oxygens (including phenoxy) is 1. The van der Waals surface area contributed by atoms with Crippen molar-refractivity contribution in [2.24, 2.45) is 10.7 Å². The van der Waals surface area contributed by atoms with Crippen molar-refractivity contribution in [2.75, 3.05) is 18.0 Å². The molecule has 0 aromatic carbocycles. The van der Waals surface area contributed by atoms with Gasteiger partial charge >= 0.3 is 0 Å². The van der Waals surface area contributed by atoms with Crippen LogP contribution in [0.4, 0.5) is 5.82 Å². The molecule has 2 unspecified atom stereocenters. The van der Waals surface area contributed by atoms with Gasteiger partial charge in [0, 0.05) is 24.8 Å². The van der Waals surface area contributed by atoms with Crippen molar-refractivity contribution in [2.45, 2.75) is 58.9 Å². The Morgan fingerprint density at radius 3 is 2.46 bits per heavy atom. The van der Waals surface area contributed by atoms with Crippen LogP contribution in [-0.4, -0.2) is 41.8 Å². The highest BCUT2D eigenvalue weighted by Gasteiger charge is 2.22. The number of pyridine rings is 1. The van der Waals surface area contributed by atoms with E-state index < -0.39 is 0 Å². The summed E-state index contributed by atoms with van der Waals surface area (Å²) in [6.45, 7) is 12.6. The summed E-state index contributed by atoms with van der Waals surface area (Å²) < 4.78 is 5.76. The van der Waals surface area contributed by atoms with Gasteiger partial charge < -0.3 is 20.7 Å². The Balaban J connectivity index is 0.00000288. The van der Waals surface area contributed by atoms with Gasteiger partial charge in [-0.2, -0.15) is 0 Å². The molecule has 1 aromatic heterocycles. The highest BCUT2D eigenvalue weighted by molar-refractivity contribution is 14.0. The summed E-state index contributed by atoms with van der Waals surface area (Å²) in [7, 11) is 0. The van der Waals surface area contributed by atoms with E-state index in [0.29, 0.717) is 12.5 Å². The van der Waals surface area contributed by atoms with E-state index in [1.54, 1.807) is 0 Å². The number of nitrogens with two attached hydrogens (primary N) is 1. The second kappa shape index (κ2) is 8.84. The van der Waals surface area contributed by atoms with Crippen LogP contribution in [0.15, 0.2) is 23.3 Å². The molecule has 0 spiro atoms. The summed E-state index contributed by atoms with van der Waals surface area (Å²) in [5.41, 5.74) is 6.84. The van der Waals surface area contributed by atoms with E-state index in [1.165, 1.54) is 0 Å². The van der Waals surface area contributed by atoms with Gasteiger partial charge in [0.25, 0.3) is 0 Å². The summed E-state index contributed by atoms with van der Waals surface area (Å²) >= 11 is 0. The predicted molar refractivity (Wildman–Crippen MR) is 110 cm³/mol. The van der Waals surface area contributed by atoms with Crippen molar-refractivity contribution in [1.29, 1.82) is 0 Å². The van der Waals surface area contributed by atoms with E-state index in [4.69, 9.17) is 10.5 Å². The van der Waals surface area contributed by atoms with E-state index in [-0.39, 0.29) is 41.7 Å². The summed E-state index contributed by atoms with van der Waals surface area (Å²) in [4.78, 5) is 11.2. The van der Waals surface area contributed by atoms with E-state index in [9.17, 15) is 0 Å². The molecule has 2 atom stereocenters. The van der Waals surface area contributed by atoms with Crippen molar-refractivity contribution in [1.82, 2.24) is 10.3 Å². The molecule has 2 heterocycles. The fraction of sp³-hybridized carbons (Fsp3) is 0.647. The van der Waals surface area contributed by atoms with Crippen LogP contribution >= 0.6 is 24.0 Å². The van der Waals surface area contributed by atoms with Gasteiger partial charge in [-0.15, -0.1) is 24.0 Å². The Labute approximate surface area is 162 Å². The summed E-state index contributed by atoms with van der Waals surface area (Å²) in [6, 6.07) is 4.10. The average molecular weight is 447 g/mol. The number of guanidine groups is 1. The van der Waals surface area contributed by atoms with Gasteiger partial charge in [-0.3, -0.25) is 0 Å². The standard InChI is InChI=1S/C17H29N5O.HI/c1-12-10-22(11-13(2)23-12)15-7-6-14(8-19-15)9-20-16(18)21-17(3,4)5;/h6-8,12-13H,9-11H2,1-5H3,(H3,18,20,21);1H. The van der Waals surface area contributed by atoms with Crippen molar-refractivity contribution < 1.29 is 4.74 Å². The molecule has 1 fully saturated rings. The molecular weight excluding hydrogens is 417 g/mol. The minimum atomic E-state index is -0.0839. The molecule has 1 aliphatic heterocycles. The highest BCUT2D eigenvalue weighted by Crippen LogP contribution is 2.18. The molecule has 24 heavy (non-hydrogen) atoms. The first-order chi connectivity index (χ1) is 10.7. The van der Waals surface area contributed by atoms with E-state index in [0.717, 1.165) is 24.5 Å². The summed E-state index contributed by atoms with van der Waals surface area (Å²) in [5.74, 6) is 1.44. The van der Waals surface area contributed by atoms with Crippen LogP contribution in [0.3, 0.4) is 0 Å². The fourth-order valence-electron chi connectivity index (χ4n) is 2.66. The third-order valence-electron chi connectivity index (χ3n) is 3.49. The first-order valence-corrected chi connectivity index (χ1v) is 8.16. The smallest absolute Gasteiger partial charge is 0.189 e. The van der Waals surface area contributed by atoms with E-state index in [1.807, 2.05) is 12.3 Å². The molecule has 0 amide bonds. The van der Waals surface area contributed by atoms with E-state index >= 15 is 0 Å².